The first kappa shape index (κ1) is 12.0. The van der Waals surface area contributed by atoms with Crippen LogP contribution in [0.25, 0.3) is 0 Å². The van der Waals surface area contributed by atoms with Crippen molar-refractivity contribution in [2.24, 2.45) is 0 Å². The molecule has 0 unspecified atom stereocenters. The van der Waals surface area contributed by atoms with Crippen molar-refractivity contribution in [2.75, 3.05) is 25.6 Å². The van der Waals surface area contributed by atoms with Gasteiger partial charge in [-0.1, -0.05) is 6.92 Å². The summed E-state index contributed by atoms with van der Waals surface area (Å²) >= 11 is 1.29. The van der Waals surface area contributed by atoms with Crippen LogP contribution in [0.1, 0.15) is 23.0 Å². The Morgan fingerprint density at radius 3 is 2.87 bits per heavy atom. The molecule has 0 saturated heterocycles. The zero-order valence-corrected chi connectivity index (χ0v) is 9.51. The number of nitrogen functional groups attached to an aromatic ring is 1. The van der Waals surface area contributed by atoms with E-state index in [1.54, 1.807) is 11.4 Å². The average Bonchev–Trinajstić information content (AvgIpc) is 2.64. The molecule has 1 aromatic rings. The summed E-state index contributed by atoms with van der Waals surface area (Å²) in [5.74, 6) is -0.373. The van der Waals surface area contributed by atoms with Gasteiger partial charge in [-0.15, -0.1) is 11.3 Å². The number of nitrogens with two attached hydrogens (primary N) is 1. The Labute approximate surface area is 93.0 Å². The molecule has 15 heavy (non-hydrogen) atoms. The second-order valence-electron chi connectivity index (χ2n) is 2.95. The molecule has 0 aliphatic carbocycles. The lowest BCUT2D eigenvalue weighted by Crippen LogP contribution is -2.11. The number of esters is 1. The van der Waals surface area contributed by atoms with E-state index in [0.29, 0.717) is 23.8 Å². The first-order chi connectivity index (χ1) is 7.25. The van der Waals surface area contributed by atoms with Crippen LogP contribution in [0, 0.1) is 0 Å². The Morgan fingerprint density at radius 2 is 2.27 bits per heavy atom. The first-order valence-corrected chi connectivity index (χ1v) is 5.71. The lowest BCUT2D eigenvalue weighted by Gasteiger charge is -2.04. The number of carbonyl (C=O) groups excluding carboxylic acids is 1. The summed E-state index contributed by atoms with van der Waals surface area (Å²) in [6.07, 6.45) is 0.964. The molecule has 0 saturated carbocycles. The predicted molar refractivity (Wildman–Crippen MR) is 60.1 cm³/mol. The minimum Gasteiger partial charge on any atom is -0.459 e. The fourth-order valence-corrected chi connectivity index (χ4v) is 1.70. The molecular weight excluding hydrogens is 214 g/mol. The first-order valence-electron chi connectivity index (χ1n) is 4.83. The van der Waals surface area contributed by atoms with Crippen LogP contribution >= 0.6 is 11.3 Å². The van der Waals surface area contributed by atoms with Crippen molar-refractivity contribution >= 4 is 23.0 Å². The topological polar surface area (TPSA) is 61.5 Å². The second-order valence-corrected chi connectivity index (χ2v) is 3.87. The lowest BCUT2D eigenvalue weighted by molar-refractivity contribution is 0.0324. The normalized spacial score (nSPS) is 10.2. The van der Waals surface area contributed by atoms with Gasteiger partial charge in [-0.05, 0) is 17.9 Å². The molecule has 0 atom stereocenters. The van der Waals surface area contributed by atoms with Crippen LogP contribution in [0.5, 0.6) is 0 Å². The molecule has 84 valence electrons. The quantitative estimate of drug-likeness (QED) is 0.598. The van der Waals surface area contributed by atoms with Crippen molar-refractivity contribution in [3.63, 3.8) is 0 Å². The van der Waals surface area contributed by atoms with Gasteiger partial charge in [0.25, 0.3) is 0 Å². The van der Waals surface area contributed by atoms with Crippen LogP contribution in [0.15, 0.2) is 11.4 Å². The Balaban J connectivity index is 2.22. The fraction of sp³-hybridized carbons (Fsp3) is 0.500. The van der Waals surface area contributed by atoms with Gasteiger partial charge in [0, 0.05) is 6.61 Å². The Kier molecular flexibility index (Phi) is 5.14. The van der Waals surface area contributed by atoms with E-state index in [9.17, 15) is 4.79 Å². The van der Waals surface area contributed by atoms with Crippen molar-refractivity contribution in [3.8, 4) is 0 Å². The van der Waals surface area contributed by atoms with Crippen molar-refractivity contribution < 1.29 is 14.3 Å². The molecule has 1 heterocycles. The summed E-state index contributed by atoms with van der Waals surface area (Å²) in [6, 6.07) is 1.69. The number of carbonyl (C=O) groups is 1. The van der Waals surface area contributed by atoms with Gasteiger partial charge >= 0.3 is 5.97 Å². The molecule has 0 radical (unpaired) electrons. The molecular formula is C10H15NO3S. The third-order valence-electron chi connectivity index (χ3n) is 1.69. The fourth-order valence-electron chi connectivity index (χ4n) is 0.990. The summed E-state index contributed by atoms with van der Waals surface area (Å²) in [7, 11) is 0. The van der Waals surface area contributed by atoms with E-state index in [1.807, 2.05) is 6.92 Å². The summed E-state index contributed by atoms with van der Waals surface area (Å²) < 4.78 is 10.2. The molecule has 0 spiro atoms. The number of thiophene rings is 1. The van der Waals surface area contributed by atoms with Crippen LogP contribution in [0.2, 0.25) is 0 Å². The van der Waals surface area contributed by atoms with Crippen molar-refractivity contribution in [1.82, 2.24) is 0 Å². The molecule has 1 rings (SSSR count). The lowest BCUT2D eigenvalue weighted by atomic mass is 10.4. The smallest absolute Gasteiger partial charge is 0.350 e. The summed E-state index contributed by atoms with van der Waals surface area (Å²) in [5, 5.41) is 1.76. The summed E-state index contributed by atoms with van der Waals surface area (Å²) in [5.41, 5.74) is 6.04. The van der Waals surface area contributed by atoms with Gasteiger partial charge in [0.1, 0.15) is 11.5 Å². The van der Waals surface area contributed by atoms with E-state index < -0.39 is 0 Å². The van der Waals surface area contributed by atoms with Crippen LogP contribution in [0.4, 0.5) is 5.69 Å². The maximum absolute atomic E-state index is 11.4. The van der Waals surface area contributed by atoms with E-state index in [-0.39, 0.29) is 12.6 Å². The van der Waals surface area contributed by atoms with Gasteiger partial charge in [-0.25, -0.2) is 4.79 Å². The van der Waals surface area contributed by atoms with E-state index >= 15 is 0 Å². The third kappa shape index (κ3) is 3.89. The van der Waals surface area contributed by atoms with Gasteiger partial charge in [-0.2, -0.15) is 0 Å². The van der Waals surface area contributed by atoms with Gasteiger partial charge in [0.05, 0.1) is 12.3 Å². The van der Waals surface area contributed by atoms with E-state index in [1.165, 1.54) is 11.3 Å². The molecule has 2 N–H and O–H groups in total. The highest BCUT2D eigenvalue weighted by atomic mass is 32.1. The van der Waals surface area contributed by atoms with Crippen LogP contribution in [-0.2, 0) is 9.47 Å². The standard InChI is InChI=1S/C10H15NO3S/c1-2-4-13-5-6-14-10(12)9-8(11)3-7-15-9/h3,7H,2,4-6,11H2,1H3. The van der Waals surface area contributed by atoms with Gasteiger partial charge < -0.3 is 15.2 Å². The monoisotopic (exact) mass is 229 g/mol. The summed E-state index contributed by atoms with van der Waals surface area (Å²) in [6.45, 7) is 3.43. The highest BCUT2D eigenvalue weighted by Gasteiger charge is 2.11. The zero-order valence-electron chi connectivity index (χ0n) is 8.69. The number of hydrogen-bond donors (Lipinski definition) is 1. The Morgan fingerprint density at radius 1 is 1.47 bits per heavy atom. The number of anilines is 1. The molecule has 5 heteroatoms. The molecule has 0 bridgehead atoms. The maximum atomic E-state index is 11.4. The average molecular weight is 229 g/mol. The van der Waals surface area contributed by atoms with Crippen LogP contribution in [0.3, 0.4) is 0 Å². The third-order valence-corrected chi connectivity index (χ3v) is 2.60. The second kappa shape index (κ2) is 6.42. The van der Waals surface area contributed by atoms with E-state index in [0.717, 1.165) is 6.42 Å². The zero-order chi connectivity index (χ0) is 11.1. The Hall–Kier alpha value is -1.07. The minimum absolute atomic E-state index is 0.274. The number of ether oxygens (including phenoxy) is 2. The number of hydrogen-bond acceptors (Lipinski definition) is 5. The highest BCUT2D eigenvalue weighted by molar-refractivity contribution is 7.12. The molecule has 0 fully saturated rings. The van der Waals surface area contributed by atoms with Gasteiger partial charge in [0.2, 0.25) is 0 Å². The molecule has 0 amide bonds. The minimum atomic E-state index is -0.373. The number of rotatable bonds is 6. The highest BCUT2D eigenvalue weighted by Crippen LogP contribution is 2.19. The van der Waals surface area contributed by atoms with Crippen LogP contribution < -0.4 is 5.73 Å². The molecule has 0 aliphatic rings. The summed E-state index contributed by atoms with van der Waals surface area (Å²) in [4.78, 5) is 11.9. The van der Waals surface area contributed by atoms with Crippen molar-refractivity contribution in [1.29, 1.82) is 0 Å². The largest absolute Gasteiger partial charge is 0.459 e. The SMILES string of the molecule is CCCOCCOC(=O)c1sccc1N. The van der Waals surface area contributed by atoms with Gasteiger partial charge in [-0.3, -0.25) is 0 Å². The van der Waals surface area contributed by atoms with E-state index in [4.69, 9.17) is 15.2 Å². The molecule has 0 aromatic carbocycles. The molecule has 1 aromatic heterocycles. The Bertz CT molecular complexity index is 311. The molecule has 0 aliphatic heterocycles. The van der Waals surface area contributed by atoms with E-state index in [2.05, 4.69) is 0 Å². The maximum Gasteiger partial charge on any atom is 0.350 e. The van der Waals surface area contributed by atoms with Crippen molar-refractivity contribution in [3.05, 3.63) is 16.3 Å². The van der Waals surface area contributed by atoms with Gasteiger partial charge in [0.15, 0.2) is 0 Å². The predicted octanol–water partition coefficient (Wildman–Crippen LogP) is 1.91. The molecule has 4 nitrogen and oxygen atoms in total. The van der Waals surface area contributed by atoms with Crippen molar-refractivity contribution in [2.45, 2.75) is 13.3 Å². The van der Waals surface area contributed by atoms with Crippen LogP contribution in [-0.4, -0.2) is 25.8 Å².